The minimum absolute atomic E-state index is 0.595. The molecule has 1 unspecified atom stereocenters. The average molecular weight is 181 g/mol. The highest BCUT2D eigenvalue weighted by Crippen LogP contribution is 2.17. The molecule has 10 heavy (non-hydrogen) atoms. The first kappa shape index (κ1) is 10.2. The Kier molecular flexibility index (Phi) is 4.98. The van der Waals surface area contributed by atoms with Gasteiger partial charge in [0, 0.05) is 19.8 Å². The third kappa shape index (κ3) is 3.36. The lowest BCUT2D eigenvalue weighted by molar-refractivity contribution is 0.233. The molecule has 0 N–H and O–H groups in total. The first-order chi connectivity index (χ1) is 4.68. The third-order valence-corrected chi connectivity index (χ3v) is 4.41. The van der Waals surface area contributed by atoms with Crippen molar-refractivity contribution in [3.8, 4) is 0 Å². The summed E-state index contributed by atoms with van der Waals surface area (Å²) in [6, 6.07) is 0.624. The molecule has 4 heteroatoms. The van der Waals surface area contributed by atoms with Crippen molar-refractivity contribution in [2.24, 2.45) is 0 Å². The predicted molar refractivity (Wildman–Crippen MR) is 45.2 cm³/mol. The van der Waals surface area contributed by atoms with Gasteiger partial charge in [-0.15, -0.1) is 6.58 Å². The van der Waals surface area contributed by atoms with E-state index in [1.165, 1.54) is 0 Å². The number of hydrogen-bond acceptors (Lipinski definition) is 2. The van der Waals surface area contributed by atoms with Crippen LogP contribution in [-0.2, 0) is 8.85 Å². The zero-order chi connectivity index (χ0) is 8.04. The molecule has 0 spiro atoms. The van der Waals surface area contributed by atoms with E-state index in [0.29, 0.717) is 12.7 Å². The van der Waals surface area contributed by atoms with Gasteiger partial charge in [-0.25, -0.2) is 0 Å². The monoisotopic (exact) mass is 180 g/mol. The summed E-state index contributed by atoms with van der Waals surface area (Å²) in [4.78, 5) is 0. The Balaban J connectivity index is 3.80. The van der Waals surface area contributed by atoms with E-state index >= 15 is 0 Å². The Hall–Kier alpha value is 0.167. The van der Waals surface area contributed by atoms with Crippen molar-refractivity contribution in [1.29, 1.82) is 0 Å². The van der Waals surface area contributed by atoms with E-state index in [9.17, 15) is 0 Å². The molecule has 0 saturated carbocycles. The molecule has 0 radical (unpaired) electrons. The van der Waals surface area contributed by atoms with E-state index in [1.54, 1.807) is 13.2 Å². The van der Waals surface area contributed by atoms with Crippen molar-refractivity contribution >= 4 is 18.9 Å². The van der Waals surface area contributed by atoms with Crippen LogP contribution in [0.3, 0.4) is 0 Å². The van der Waals surface area contributed by atoms with Crippen molar-refractivity contribution in [2.75, 3.05) is 13.7 Å². The molecule has 0 amide bonds. The maximum atomic E-state index is 5.95. The number of rotatable bonds is 5. The fourth-order valence-corrected chi connectivity index (χ4v) is 2.42. The molecule has 0 rings (SSSR count). The van der Waals surface area contributed by atoms with Gasteiger partial charge in [-0.3, -0.25) is 0 Å². The van der Waals surface area contributed by atoms with Gasteiger partial charge in [0.2, 0.25) is 0 Å². The Morgan fingerprint density at radius 3 is 2.60 bits per heavy atom. The first-order valence-corrected chi connectivity index (χ1v) is 6.21. The lowest BCUT2D eigenvalue weighted by Gasteiger charge is -2.18. The summed E-state index contributed by atoms with van der Waals surface area (Å²) in [5.41, 5.74) is 0. The van der Waals surface area contributed by atoms with Crippen LogP contribution in [-0.4, -0.2) is 21.6 Å². The Bertz CT molecular complexity index is 110. The van der Waals surface area contributed by atoms with Gasteiger partial charge in [-0.2, -0.15) is 0 Å². The quantitative estimate of drug-likeness (QED) is 0.366. The molecule has 2 nitrogen and oxygen atoms in total. The first-order valence-electron chi connectivity index (χ1n) is 3.17. The zero-order valence-corrected chi connectivity index (χ0v) is 8.15. The molecule has 0 aliphatic carbocycles. The normalized spacial score (nSPS) is 16.3. The molecular formula is C6H13ClO2Si. The average Bonchev–Trinajstić information content (AvgIpc) is 1.89. The summed E-state index contributed by atoms with van der Waals surface area (Å²) in [6.07, 6.45) is 1.72. The Morgan fingerprint density at radius 2 is 2.30 bits per heavy atom. The van der Waals surface area contributed by atoms with Crippen molar-refractivity contribution in [3.05, 3.63) is 12.7 Å². The number of halogens is 1. The van der Waals surface area contributed by atoms with E-state index in [2.05, 4.69) is 6.58 Å². The highest BCUT2D eigenvalue weighted by Gasteiger charge is 2.32. The van der Waals surface area contributed by atoms with Gasteiger partial charge >= 0.3 is 7.87 Å². The molecule has 0 heterocycles. The molecule has 0 aromatic carbocycles. The lowest BCUT2D eigenvalue weighted by atomic mass is 10.8. The van der Waals surface area contributed by atoms with Gasteiger partial charge in [0.15, 0.2) is 0 Å². The number of allylic oxidation sites excluding steroid dienone is 1. The molecule has 60 valence electrons. The van der Waals surface area contributed by atoms with Crippen molar-refractivity contribution in [2.45, 2.75) is 13.0 Å². The summed E-state index contributed by atoms with van der Waals surface area (Å²) in [6.45, 7) is 6.06. The maximum Gasteiger partial charge on any atom is 0.446 e. The van der Waals surface area contributed by atoms with Crippen LogP contribution < -0.4 is 0 Å². The SMILES string of the molecule is C=CC[Si](Cl)(OC)OCC. The van der Waals surface area contributed by atoms with Gasteiger partial charge in [-0.05, 0) is 6.92 Å². The third-order valence-electron chi connectivity index (χ3n) is 1.05. The standard InChI is InChI=1S/C6H13ClO2Si/c1-4-6-10(7,8-3)9-5-2/h4H,1,5-6H2,2-3H3. The van der Waals surface area contributed by atoms with E-state index in [0.717, 1.165) is 0 Å². The van der Waals surface area contributed by atoms with Crippen LogP contribution in [0.15, 0.2) is 12.7 Å². The van der Waals surface area contributed by atoms with Crippen LogP contribution >= 0.6 is 11.1 Å². The minimum Gasteiger partial charge on any atom is -0.386 e. The molecule has 0 aromatic rings. The second-order valence-electron chi connectivity index (χ2n) is 1.79. The summed E-state index contributed by atoms with van der Waals surface area (Å²) < 4.78 is 10.3. The van der Waals surface area contributed by atoms with Crippen LogP contribution in [0, 0.1) is 0 Å². The summed E-state index contributed by atoms with van der Waals surface area (Å²) >= 11 is 5.95. The lowest BCUT2D eigenvalue weighted by Crippen LogP contribution is -2.33. The van der Waals surface area contributed by atoms with Gasteiger partial charge in [0.25, 0.3) is 0 Å². The highest BCUT2D eigenvalue weighted by atomic mass is 35.6. The van der Waals surface area contributed by atoms with E-state index in [4.69, 9.17) is 19.9 Å². The van der Waals surface area contributed by atoms with E-state index in [-0.39, 0.29) is 0 Å². The molecular weight excluding hydrogens is 168 g/mol. The fourth-order valence-electron chi connectivity index (χ4n) is 0.589. The van der Waals surface area contributed by atoms with Crippen LogP contribution in [0.5, 0.6) is 0 Å². The number of hydrogen-bond donors (Lipinski definition) is 0. The summed E-state index contributed by atoms with van der Waals surface area (Å²) in [7, 11) is -0.801. The van der Waals surface area contributed by atoms with Crippen molar-refractivity contribution in [1.82, 2.24) is 0 Å². The Labute approximate surface area is 67.7 Å². The van der Waals surface area contributed by atoms with E-state index < -0.39 is 7.87 Å². The minimum atomic E-state index is -2.37. The zero-order valence-electron chi connectivity index (χ0n) is 6.39. The van der Waals surface area contributed by atoms with Gasteiger partial charge in [0.1, 0.15) is 0 Å². The van der Waals surface area contributed by atoms with Gasteiger partial charge in [-0.1, -0.05) is 17.2 Å². The van der Waals surface area contributed by atoms with Gasteiger partial charge in [0.05, 0.1) is 0 Å². The molecule has 0 aliphatic rings. The topological polar surface area (TPSA) is 18.5 Å². The van der Waals surface area contributed by atoms with Crippen molar-refractivity contribution < 1.29 is 8.85 Å². The van der Waals surface area contributed by atoms with Crippen molar-refractivity contribution in [3.63, 3.8) is 0 Å². The molecule has 0 aromatic heterocycles. The second kappa shape index (κ2) is 4.90. The van der Waals surface area contributed by atoms with Crippen LogP contribution in [0.2, 0.25) is 6.04 Å². The molecule has 0 bridgehead atoms. The van der Waals surface area contributed by atoms with E-state index in [1.807, 2.05) is 6.92 Å². The van der Waals surface area contributed by atoms with Crippen LogP contribution in [0.1, 0.15) is 6.92 Å². The maximum absolute atomic E-state index is 5.95. The summed E-state index contributed by atoms with van der Waals surface area (Å²) in [5, 5.41) is 0. The molecule has 0 aliphatic heterocycles. The highest BCUT2D eigenvalue weighted by molar-refractivity contribution is 7.13. The largest absolute Gasteiger partial charge is 0.446 e. The van der Waals surface area contributed by atoms with Crippen LogP contribution in [0.4, 0.5) is 0 Å². The van der Waals surface area contributed by atoms with Gasteiger partial charge < -0.3 is 8.85 Å². The fraction of sp³-hybridized carbons (Fsp3) is 0.667. The Morgan fingerprint density at radius 1 is 1.70 bits per heavy atom. The van der Waals surface area contributed by atoms with Crippen LogP contribution in [0.25, 0.3) is 0 Å². The second-order valence-corrected chi connectivity index (χ2v) is 5.94. The molecule has 0 saturated heterocycles. The smallest absolute Gasteiger partial charge is 0.386 e. The predicted octanol–water partition coefficient (Wildman–Crippen LogP) is 2.03. The summed E-state index contributed by atoms with van der Waals surface area (Å²) in [5.74, 6) is 0. The molecule has 0 fully saturated rings. The molecule has 1 atom stereocenters.